The minimum atomic E-state index is -0.808. The summed E-state index contributed by atoms with van der Waals surface area (Å²) in [4.78, 5) is 0. The molecular weight excluding hydrogens is 276 g/mol. The van der Waals surface area contributed by atoms with Gasteiger partial charge >= 0.3 is 0 Å². The van der Waals surface area contributed by atoms with Gasteiger partial charge in [-0.05, 0) is 36.1 Å². The summed E-state index contributed by atoms with van der Waals surface area (Å²) in [6, 6.07) is 3.89. The third-order valence-corrected chi connectivity index (χ3v) is 4.75. The van der Waals surface area contributed by atoms with Crippen LogP contribution in [-0.2, 0) is 17.6 Å². The Morgan fingerprint density at radius 2 is 2.30 bits per heavy atom. The van der Waals surface area contributed by atoms with Gasteiger partial charge in [0.1, 0.15) is 5.75 Å². The van der Waals surface area contributed by atoms with Crippen LogP contribution in [0.3, 0.4) is 0 Å². The highest BCUT2D eigenvalue weighted by Gasteiger charge is 2.40. The van der Waals surface area contributed by atoms with Gasteiger partial charge in [-0.1, -0.05) is 24.4 Å². The van der Waals surface area contributed by atoms with Crippen LogP contribution in [0.5, 0.6) is 5.75 Å². The molecule has 1 aromatic rings. The van der Waals surface area contributed by atoms with Crippen LogP contribution in [0.2, 0.25) is 5.02 Å². The van der Waals surface area contributed by atoms with Crippen LogP contribution in [0.1, 0.15) is 36.8 Å². The Morgan fingerprint density at radius 3 is 3.10 bits per heavy atom. The fourth-order valence-electron chi connectivity index (χ4n) is 3.54. The highest BCUT2D eigenvalue weighted by molar-refractivity contribution is 6.30. The number of aliphatic hydroxyl groups is 1. The Morgan fingerprint density at radius 1 is 1.45 bits per heavy atom. The molecule has 4 heteroatoms. The Labute approximate surface area is 124 Å². The lowest BCUT2D eigenvalue weighted by Gasteiger charge is -2.39. The number of fused-ring (bicyclic) bond motifs is 1. The van der Waals surface area contributed by atoms with Gasteiger partial charge < -0.3 is 14.6 Å². The number of benzene rings is 1. The van der Waals surface area contributed by atoms with E-state index in [0.717, 1.165) is 54.0 Å². The molecule has 0 amide bonds. The standard InChI is InChI=1S/C16H21ClO3/c1-19-14-4-2-3-6-16(14,18)10-12-9-13(17)8-11-5-7-20-15(11)12/h8-9,14,18H,2-7,10H2,1H3. The monoisotopic (exact) mass is 296 g/mol. The average molecular weight is 297 g/mol. The average Bonchev–Trinajstić information content (AvgIpc) is 2.87. The molecule has 2 unspecified atom stereocenters. The highest BCUT2D eigenvalue weighted by atomic mass is 35.5. The summed E-state index contributed by atoms with van der Waals surface area (Å²) in [5, 5.41) is 11.7. The SMILES string of the molecule is COC1CCCCC1(O)Cc1cc(Cl)cc2c1OCC2. The Bertz CT molecular complexity index is 503. The second-order valence-corrected chi connectivity index (χ2v) is 6.34. The van der Waals surface area contributed by atoms with Gasteiger partial charge in [-0.3, -0.25) is 0 Å². The Balaban J connectivity index is 1.90. The first-order valence-corrected chi connectivity index (χ1v) is 7.69. The van der Waals surface area contributed by atoms with E-state index in [0.29, 0.717) is 13.0 Å². The molecule has 2 atom stereocenters. The van der Waals surface area contributed by atoms with Crippen LogP contribution in [0, 0.1) is 0 Å². The lowest BCUT2D eigenvalue weighted by atomic mass is 9.78. The van der Waals surface area contributed by atoms with E-state index in [4.69, 9.17) is 21.1 Å². The summed E-state index contributed by atoms with van der Waals surface area (Å²) in [5.74, 6) is 0.920. The molecule has 1 N–H and O–H groups in total. The predicted molar refractivity (Wildman–Crippen MR) is 78.6 cm³/mol. The molecule has 110 valence electrons. The van der Waals surface area contributed by atoms with E-state index in [9.17, 15) is 5.11 Å². The second kappa shape index (κ2) is 5.55. The van der Waals surface area contributed by atoms with Gasteiger partial charge in [0.25, 0.3) is 0 Å². The number of methoxy groups -OCH3 is 1. The molecule has 0 saturated heterocycles. The van der Waals surface area contributed by atoms with Crippen molar-refractivity contribution in [1.82, 2.24) is 0 Å². The van der Waals surface area contributed by atoms with Gasteiger partial charge in [0.05, 0.1) is 18.3 Å². The smallest absolute Gasteiger partial charge is 0.126 e. The lowest BCUT2D eigenvalue weighted by Crippen LogP contribution is -2.47. The van der Waals surface area contributed by atoms with Gasteiger partial charge in [0.15, 0.2) is 0 Å². The van der Waals surface area contributed by atoms with E-state index in [1.807, 2.05) is 12.1 Å². The molecule has 3 nitrogen and oxygen atoms in total. The van der Waals surface area contributed by atoms with Crippen molar-refractivity contribution in [2.45, 2.75) is 50.2 Å². The summed E-state index contributed by atoms with van der Waals surface area (Å²) in [6.45, 7) is 0.703. The molecule has 1 aromatic carbocycles. The summed E-state index contributed by atoms with van der Waals surface area (Å²) < 4.78 is 11.2. The molecule has 1 heterocycles. The number of rotatable bonds is 3. The molecule has 1 saturated carbocycles. The van der Waals surface area contributed by atoms with Crippen molar-refractivity contribution in [2.75, 3.05) is 13.7 Å². The number of hydrogen-bond donors (Lipinski definition) is 1. The minimum Gasteiger partial charge on any atom is -0.493 e. The number of hydrogen-bond acceptors (Lipinski definition) is 3. The second-order valence-electron chi connectivity index (χ2n) is 5.90. The molecule has 2 aliphatic rings. The summed E-state index contributed by atoms with van der Waals surface area (Å²) in [7, 11) is 1.68. The summed E-state index contributed by atoms with van der Waals surface area (Å²) in [5.41, 5.74) is 1.36. The van der Waals surface area contributed by atoms with Crippen molar-refractivity contribution in [3.8, 4) is 5.75 Å². The van der Waals surface area contributed by atoms with Crippen molar-refractivity contribution in [3.05, 3.63) is 28.3 Å². The Kier molecular flexibility index (Phi) is 3.93. The predicted octanol–water partition coefficient (Wildman–Crippen LogP) is 3.14. The van der Waals surface area contributed by atoms with Crippen molar-refractivity contribution >= 4 is 11.6 Å². The first-order valence-electron chi connectivity index (χ1n) is 7.32. The first kappa shape index (κ1) is 14.2. The van der Waals surface area contributed by atoms with E-state index in [2.05, 4.69) is 0 Å². The fraction of sp³-hybridized carbons (Fsp3) is 0.625. The van der Waals surface area contributed by atoms with E-state index in [-0.39, 0.29) is 6.10 Å². The zero-order valence-electron chi connectivity index (χ0n) is 11.8. The molecule has 0 radical (unpaired) electrons. The third-order valence-electron chi connectivity index (χ3n) is 4.53. The molecular formula is C16H21ClO3. The van der Waals surface area contributed by atoms with Crippen LogP contribution >= 0.6 is 11.6 Å². The van der Waals surface area contributed by atoms with Crippen LogP contribution in [0.4, 0.5) is 0 Å². The fourth-order valence-corrected chi connectivity index (χ4v) is 3.80. The maximum atomic E-state index is 11.0. The zero-order chi connectivity index (χ0) is 14.2. The van der Waals surface area contributed by atoms with E-state index >= 15 is 0 Å². The maximum absolute atomic E-state index is 11.0. The molecule has 0 aromatic heterocycles. The van der Waals surface area contributed by atoms with Gasteiger partial charge in [-0.15, -0.1) is 0 Å². The molecule has 3 rings (SSSR count). The van der Waals surface area contributed by atoms with Gasteiger partial charge in [0, 0.05) is 25.0 Å². The normalized spacial score (nSPS) is 29.1. The molecule has 1 aliphatic carbocycles. The van der Waals surface area contributed by atoms with Crippen molar-refractivity contribution in [1.29, 1.82) is 0 Å². The van der Waals surface area contributed by atoms with Crippen LogP contribution < -0.4 is 4.74 Å². The van der Waals surface area contributed by atoms with Crippen molar-refractivity contribution in [2.24, 2.45) is 0 Å². The van der Waals surface area contributed by atoms with Crippen LogP contribution in [0.25, 0.3) is 0 Å². The van der Waals surface area contributed by atoms with Crippen LogP contribution in [-0.4, -0.2) is 30.5 Å². The molecule has 1 aliphatic heterocycles. The van der Waals surface area contributed by atoms with Crippen molar-refractivity contribution in [3.63, 3.8) is 0 Å². The van der Waals surface area contributed by atoms with Crippen LogP contribution in [0.15, 0.2) is 12.1 Å². The first-order chi connectivity index (χ1) is 9.62. The number of ether oxygens (including phenoxy) is 2. The largest absolute Gasteiger partial charge is 0.493 e. The summed E-state index contributed by atoms with van der Waals surface area (Å²) in [6.07, 6.45) is 5.19. The van der Waals surface area contributed by atoms with Gasteiger partial charge in [-0.25, -0.2) is 0 Å². The van der Waals surface area contributed by atoms with E-state index in [1.54, 1.807) is 7.11 Å². The van der Waals surface area contributed by atoms with Crippen molar-refractivity contribution < 1.29 is 14.6 Å². The summed E-state index contributed by atoms with van der Waals surface area (Å²) >= 11 is 6.19. The molecule has 20 heavy (non-hydrogen) atoms. The topological polar surface area (TPSA) is 38.7 Å². The van der Waals surface area contributed by atoms with E-state index in [1.165, 1.54) is 0 Å². The van der Waals surface area contributed by atoms with Gasteiger partial charge in [-0.2, -0.15) is 0 Å². The molecule has 1 fully saturated rings. The maximum Gasteiger partial charge on any atom is 0.126 e. The Hall–Kier alpha value is -0.770. The zero-order valence-corrected chi connectivity index (χ0v) is 12.6. The van der Waals surface area contributed by atoms with E-state index < -0.39 is 5.60 Å². The highest BCUT2D eigenvalue weighted by Crippen LogP contribution is 2.39. The quantitative estimate of drug-likeness (QED) is 0.931. The number of halogens is 1. The molecule has 0 bridgehead atoms. The third kappa shape index (κ3) is 2.54. The lowest BCUT2D eigenvalue weighted by molar-refractivity contribution is -0.116. The van der Waals surface area contributed by atoms with Gasteiger partial charge in [0.2, 0.25) is 0 Å². The minimum absolute atomic E-state index is 0.104. The molecule has 0 spiro atoms.